The second kappa shape index (κ2) is 8.15. The van der Waals surface area contributed by atoms with Gasteiger partial charge in [-0.2, -0.15) is 0 Å². The van der Waals surface area contributed by atoms with Crippen LogP contribution < -0.4 is 15.4 Å². The Hall–Kier alpha value is -2.82. The minimum Gasteiger partial charge on any atom is -0.481 e. The van der Waals surface area contributed by atoms with Gasteiger partial charge in [-0.3, -0.25) is 9.59 Å². The molecule has 5 heteroatoms. The molecule has 0 saturated heterocycles. The first kappa shape index (κ1) is 17.5. The molecule has 1 unspecified atom stereocenters. The summed E-state index contributed by atoms with van der Waals surface area (Å²) in [5.41, 5.74) is 2.75. The molecule has 0 aliphatic rings. The van der Waals surface area contributed by atoms with Gasteiger partial charge in [-0.05, 0) is 44.0 Å². The highest BCUT2D eigenvalue weighted by molar-refractivity contribution is 5.96. The highest BCUT2D eigenvalue weighted by Crippen LogP contribution is 2.19. The van der Waals surface area contributed by atoms with E-state index in [-0.39, 0.29) is 18.4 Å². The molecule has 2 rings (SSSR count). The minimum atomic E-state index is -0.680. The Morgan fingerprint density at radius 3 is 2.25 bits per heavy atom. The number of carbonyl (C=O) groups is 2. The molecule has 0 aromatic heterocycles. The van der Waals surface area contributed by atoms with Crippen LogP contribution in [-0.4, -0.2) is 24.5 Å². The minimum absolute atomic E-state index is 0.102. The third kappa shape index (κ3) is 4.84. The molecule has 0 aliphatic carbocycles. The summed E-state index contributed by atoms with van der Waals surface area (Å²) in [6.07, 6.45) is -0.680. The fourth-order valence-electron chi connectivity index (χ4n) is 2.26. The molecule has 2 N–H and O–H groups in total. The molecule has 0 aliphatic heterocycles. The molecule has 0 fully saturated rings. The molecule has 24 heavy (non-hydrogen) atoms. The number of nitrogens with one attached hydrogen (secondary N) is 2. The highest BCUT2D eigenvalue weighted by Gasteiger charge is 2.16. The van der Waals surface area contributed by atoms with Gasteiger partial charge in [-0.25, -0.2) is 0 Å². The number of rotatable bonds is 6. The lowest BCUT2D eigenvalue weighted by Crippen LogP contribution is -2.40. The Morgan fingerprint density at radius 2 is 1.62 bits per heavy atom. The van der Waals surface area contributed by atoms with E-state index in [1.807, 2.05) is 50.2 Å². The summed E-state index contributed by atoms with van der Waals surface area (Å²) in [5.74, 6) is 0.00306. The van der Waals surface area contributed by atoms with Gasteiger partial charge >= 0.3 is 0 Å². The van der Waals surface area contributed by atoms with Gasteiger partial charge in [-0.15, -0.1) is 0 Å². The van der Waals surface area contributed by atoms with Crippen LogP contribution in [0.2, 0.25) is 0 Å². The van der Waals surface area contributed by atoms with Gasteiger partial charge in [-0.1, -0.05) is 36.4 Å². The zero-order chi connectivity index (χ0) is 17.5. The molecule has 0 bridgehead atoms. The van der Waals surface area contributed by atoms with Crippen molar-refractivity contribution in [1.82, 2.24) is 5.32 Å². The zero-order valence-electron chi connectivity index (χ0n) is 14.1. The van der Waals surface area contributed by atoms with E-state index in [0.29, 0.717) is 5.75 Å². The largest absolute Gasteiger partial charge is 0.481 e. The molecule has 5 nitrogen and oxygen atoms in total. The van der Waals surface area contributed by atoms with Crippen LogP contribution in [0.25, 0.3) is 0 Å². The van der Waals surface area contributed by atoms with Gasteiger partial charge in [0.15, 0.2) is 6.10 Å². The van der Waals surface area contributed by atoms with Gasteiger partial charge in [0, 0.05) is 5.69 Å². The number of ether oxygens (including phenoxy) is 1. The monoisotopic (exact) mass is 326 g/mol. The Balaban J connectivity index is 1.84. The fraction of sp³-hybridized carbons (Fsp3) is 0.263. The summed E-state index contributed by atoms with van der Waals surface area (Å²) >= 11 is 0. The van der Waals surface area contributed by atoms with Crippen molar-refractivity contribution in [2.75, 3.05) is 11.9 Å². The average molecular weight is 326 g/mol. The van der Waals surface area contributed by atoms with Crippen molar-refractivity contribution in [2.24, 2.45) is 0 Å². The van der Waals surface area contributed by atoms with Gasteiger partial charge < -0.3 is 15.4 Å². The van der Waals surface area contributed by atoms with Crippen molar-refractivity contribution in [3.8, 4) is 5.75 Å². The van der Waals surface area contributed by atoms with E-state index in [2.05, 4.69) is 10.6 Å². The number of anilines is 1. The molecule has 2 aromatic rings. The van der Waals surface area contributed by atoms with Crippen molar-refractivity contribution in [3.63, 3.8) is 0 Å². The number of para-hydroxylation sites is 2. The lowest BCUT2D eigenvalue weighted by Gasteiger charge is -2.15. The molecule has 2 amide bonds. The van der Waals surface area contributed by atoms with Crippen LogP contribution in [0.1, 0.15) is 18.1 Å². The second-order valence-corrected chi connectivity index (χ2v) is 5.61. The predicted octanol–water partition coefficient (Wildman–Crippen LogP) is 2.83. The van der Waals surface area contributed by atoms with Crippen LogP contribution >= 0.6 is 0 Å². The molecular formula is C19H22N2O3. The number of hydrogen-bond acceptors (Lipinski definition) is 3. The highest BCUT2D eigenvalue weighted by atomic mass is 16.5. The van der Waals surface area contributed by atoms with Crippen molar-refractivity contribution >= 4 is 17.5 Å². The van der Waals surface area contributed by atoms with Crippen LogP contribution in [-0.2, 0) is 9.59 Å². The maximum Gasteiger partial charge on any atom is 0.261 e. The van der Waals surface area contributed by atoms with Crippen LogP contribution in [0, 0.1) is 13.8 Å². The zero-order valence-corrected chi connectivity index (χ0v) is 14.1. The maximum atomic E-state index is 12.0. The summed E-state index contributed by atoms with van der Waals surface area (Å²) in [6.45, 7) is 5.40. The van der Waals surface area contributed by atoms with Crippen LogP contribution in [0.15, 0.2) is 48.5 Å². The summed E-state index contributed by atoms with van der Waals surface area (Å²) in [7, 11) is 0. The number of aryl methyl sites for hydroxylation is 2. The second-order valence-electron chi connectivity index (χ2n) is 5.61. The normalized spacial score (nSPS) is 11.5. The summed E-state index contributed by atoms with van der Waals surface area (Å²) in [4.78, 5) is 24.1. The molecule has 126 valence electrons. The van der Waals surface area contributed by atoms with Crippen molar-refractivity contribution < 1.29 is 14.3 Å². The Bertz CT molecular complexity index is 694. The Kier molecular flexibility index (Phi) is 5.95. The van der Waals surface area contributed by atoms with E-state index >= 15 is 0 Å². The third-order valence-electron chi connectivity index (χ3n) is 3.59. The first-order chi connectivity index (χ1) is 11.5. The van der Waals surface area contributed by atoms with Gasteiger partial charge in [0.05, 0.1) is 6.54 Å². The SMILES string of the molecule is Cc1cccc(C)c1NC(=O)CNC(=O)C(C)Oc1ccccc1. The molecule has 0 spiro atoms. The third-order valence-corrected chi connectivity index (χ3v) is 3.59. The van der Waals surface area contributed by atoms with E-state index in [1.54, 1.807) is 19.1 Å². The maximum absolute atomic E-state index is 12.0. The number of benzene rings is 2. The first-order valence-corrected chi connectivity index (χ1v) is 7.83. The number of amides is 2. The van der Waals surface area contributed by atoms with Crippen LogP contribution in [0.4, 0.5) is 5.69 Å². The van der Waals surface area contributed by atoms with E-state index in [1.165, 1.54) is 0 Å². The predicted molar refractivity (Wildman–Crippen MR) is 94.1 cm³/mol. The molecule has 0 radical (unpaired) electrons. The van der Waals surface area contributed by atoms with Gasteiger partial charge in [0.2, 0.25) is 5.91 Å². The van der Waals surface area contributed by atoms with E-state index in [4.69, 9.17) is 4.74 Å². The average Bonchev–Trinajstić information content (AvgIpc) is 2.57. The van der Waals surface area contributed by atoms with Crippen molar-refractivity contribution in [3.05, 3.63) is 59.7 Å². The van der Waals surface area contributed by atoms with Crippen LogP contribution in [0.5, 0.6) is 5.75 Å². The Labute approximate surface area is 142 Å². The molecule has 0 heterocycles. The smallest absolute Gasteiger partial charge is 0.261 e. The van der Waals surface area contributed by atoms with E-state index in [0.717, 1.165) is 16.8 Å². The Morgan fingerprint density at radius 1 is 1.00 bits per heavy atom. The summed E-state index contributed by atoms with van der Waals surface area (Å²) in [5, 5.41) is 5.41. The van der Waals surface area contributed by atoms with Gasteiger partial charge in [0.25, 0.3) is 5.91 Å². The molecule has 1 atom stereocenters. The van der Waals surface area contributed by atoms with Crippen molar-refractivity contribution in [2.45, 2.75) is 26.9 Å². The topological polar surface area (TPSA) is 67.4 Å². The summed E-state index contributed by atoms with van der Waals surface area (Å²) < 4.78 is 5.52. The molecule has 0 saturated carbocycles. The van der Waals surface area contributed by atoms with E-state index < -0.39 is 6.10 Å². The molecular weight excluding hydrogens is 304 g/mol. The fourth-order valence-corrected chi connectivity index (χ4v) is 2.26. The van der Waals surface area contributed by atoms with Gasteiger partial charge in [0.1, 0.15) is 5.75 Å². The van der Waals surface area contributed by atoms with Crippen molar-refractivity contribution in [1.29, 1.82) is 0 Å². The number of carbonyl (C=O) groups excluding carboxylic acids is 2. The standard InChI is InChI=1S/C19H22N2O3/c1-13-8-7-9-14(2)18(13)21-17(22)12-20-19(23)15(3)24-16-10-5-4-6-11-16/h4-11,15H,12H2,1-3H3,(H,20,23)(H,21,22). The molecule has 2 aromatic carbocycles. The lowest BCUT2D eigenvalue weighted by molar-refractivity contribution is -0.129. The first-order valence-electron chi connectivity index (χ1n) is 7.83. The van der Waals surface area contributed by atoms with Crippen LogP contribution in [0.3, 0.4) is 0 Å². The summed E-state index contributed by atoms with van der Waals surface area (Å²) in [6, 6.07) is 14.9. The van der Waals surface area contributed by atoms with E-state index in [9.17, 15) is 9.59 Å². The lowest BCUT2D eigenvalue weighted by atomic mass is 10.1. The number of hydrogen-bond donors (Lipinski definition) is 2. The quantitative estimate of drug-likeness (QED) is 0.858.